The van der Waals surface area contributed by atoms with Gasteiger partial charge < -0.3 is 14.3 Å². The predicted octanol–water partition coefficient (Wildman–Crippen LogP) is 7.82. The van der Waals surface area contributed by atoms with E-state index in [9.17, 15) is 23.1 Å². The van der Waals surface area contributed by atoms with E-state index in [0.717, 1.165) is 16.7 Å². The van der Waals surface area contributed by atoms with Gasteiger partial charge in [-0.3, -0.25) is 9.69 Å². The van der Waals surface area contributed by atoms with E-state index in [-0.39, 0.29) is 34.6 Å². The Bertz CT molecular complexity index is 1620. The van der Waals surface area contributed by atoms with Crippen LogP contribution in [-0.2, 0) is 25.8 Å². The summed E-state index contributed by atoms with van der Waals surface area (Å²) in [5, 5.41) is 10.7. The lowest BCUT2D eigenvalue weighted by Gasteiger charge is -2.24. The normalized spacial score (nSPS) is 11.7. The fourth-order valence-corrected chi connectivity index (χ4v) is 4.52. The summed E-state index contributed by atoms with van der Waals surface area (Å²) in [5.74, 6) is -2.72. The molecular formula is C32H26F3NO4. The Hall–Kier alpha value is -4.56. The maximum absolute atomic E-state index is 14.2. The van der Waals surface area contributed by atoms with Crippen molar-refractivity contribution in [1.82, 2.24) is 4.90 Å². The molecule has 0 atom stereocenters. The Morgan fingerprint density at radius 3 is 1.93 bits per heavy atom. The number of alkyl halides is 3. The number of ether oxygens (including phenoxy) is 1. The van der Waals surface area contributed by atoms with Gasteiger partial charge in [0.05, 0.1) is 10.9 Å². The van der Waals surface area contributed by atoms with Gasteiger partial charge in [-0.05, 0) is 42.3 Å². The monoisotopic (exact) mass is 545 g/mol. The third-order valence-electron chi connectivity index (χ3n) is 6.48. The molecule has 0 aliphatic rings. The summed E-state index contributed by atoms with van der Waals surface area (Å²) < 4.78 is 53.5. The van der Waals surface area contributed by atoms with E-state index in [2.05, 4.69) is 0 Å². The van der Waals surface area contributed by atoms with Crippen molar-refractivity contribution in [3.63, 3.8) is 0 Å². The van der Waals surface area contributed by atoms with Crippen LogP contribution in [0.2, 0.25) is 0 Å². The fraction of sp³-hybridized carbons (Fsp3) is 0.156. The van der Waals surface area contributed by atoms with Crippen LogP contribution >= 0.6 is 0 Å². The molecule has 8 heteroatoms. The van der Waals surface area contributed by atoms with Gasteiger partial charge in [-0.1, -0.05) is 78.4 Å². The number of rotatable bonds is 8. The van der Waals surface area contributed by atoms with Gasteiger partial charge in [-0.25, -0.2) is 0 Å². The van der Waals surface area contributed by atoms with Crippen molar-refractivity contribution in [3.8, 4) is 17.2 Å². The van der Waals surface area contributed by atoms with Crippen LogP contribution < -0.4 is 10.2 Å². The molecule has 0 aliphatic heterocycles. The molecule has 1 aromatic heterocycles. The Morgan fingerprint density at radius 1 is 0.800 bits per heavy atom. The highest BCUT2D eigenvalue weighted by Gasteiger charge is 2.41. The van der Waals surface area contributed by atoms with E-state index in [1.807, 2.05) is 72.5 Å². The lowest BCUT2D eigenvalue weighted by molar-refractivity contribution is -0.154. The topological polar surface area (TPSA) is 62.9 Å². The van der Waals surface area contributed by atoms with E-state index in [4.69, 9.17) is 9.15 Å². The molecule has 5 rings (SSSR count). The molecule has 0 amide bonds. The zero-order chi connectivity index (χ0) is 28.3. The summed E-state index contributed by atoms with van der Waals surface area (Å²) in [7, 11) is 0. The number of phenols is 1. The molecule has 1 heterocycles. The van der Waals surface area contributed by atoms with Gasteiger partial charge in [0.25, 0.3) is 5.76 Å². The highest BCUT2D eigenvalue weighted by Crippen LogP contribution is 2.40. The van der Waals surface area contributed by atoms with Gasteiger partial charge in [-0.2, -0.15) is 13.2 Å². The smallest absolute Gasteiger partial charge is 0.453 e. The predicted molar refractivity (Wildman–Crippen MR) is 146 cm³/mol. The second kappa shape index (κ2) is 11.3. The van der Waals surface area contributed by atoms with Crippen LogP contribution in [0.1, 0.15) is 28.0 Å². The number of nitrogens with zero attached hydrogens (tertiary/aromatic N) is 1. The summed E-state index contributed by atoms with van der Waals surface area (Å²) in [6, 6.07) is 28.0. The van der Waals surface area contributed by atoms with Crippen LogP contribution in [0.5, 0.6) is 17.2 Å². The SMILES string of the molecule is Cc1ccc(Oc2c(C(F)(F)F)oc3c(CN(Cc4ccccc4)Cc4ccccc4)c(O)ccc3c2=O)cc1. The first kappa shape index (κ1) is 27.0. The number of aryl methyl sites for hydroxylation is 1. The Labute approximate surface area is 228 Å². The first-order valence-corrected chi connectivity index (χ1v) is 12.6. The molecule has 0 aliphatic carbocycles. The lowest BCUT2D eigenvalue weighted by Crippen LogP contribution is -2.23. The number of hydrogen-bond donors (Lipinski definition) is 1. The average molecular weight is 546 g/mol. The van der Waals surface area contributed by atoms with E-state index in [1.54, 1.807) is 12.1 Å². The number of benzene rings is 4. The minimum absolute atomic E-state index is 0.0192. The number of halogens is 3. The maximum Gasteiger partial charge on any atom is 0.453 e. The summed E-state index contributed by atoms with van der Waals surface area (Å²) in [6.45, 7) is 2.72. The molecule has 0 fully saturated rings. The minimum atomic E-state index is -5.02. The van der Waals surface area contributed by atoms with Gasteiger partial charge in [0.1, 0.15) is 17.1 Å². The Kier molecular flexibility index (Phi) is 7.62. The molecule has 0 bridgehead atoms. The molecule has 0 saturated carbocycles. The minimum Gasteiger partial charge on any atom is -0.507 e. The van der Waals surface area contributed by atoms with Crippen molar-refractivity contribution in [2.45, 2.75) is 32.7 Å². The van der Waals surface area contributed by atoms with Crippen LogP contribution in [0.15, 0.2) is 106 Å². The molecule has 4 aromatic carbocycles. The van der Waals surface area contributed by atoms with Crippen molar-refractivity contribution in [1.29, 1.82) is 0 Å². The van der Waals surface area contributed by atoms with Gasteiger partial charge in [0.15, 0.2) is 0 Å². The number of phenolic OH excluding ortho intramolecular Hbond substituents is 1. The first-order valence-electron chi connectivity index (χ1n) is 12.6. The molecule has 40 heavy (non-hydrogen) atoms. The van der Waals surface area contributed by atoms with E-state index < -0.39 is 23.1 Å². The van der Waals surface area contributed by atoms with Crippen molar-refractivity contribution in [3.05, 3.63) is 135 Å². The Balaban J connectivity index is 1.61. The van der Waals surface area contributed by atoms with Crippen molar-refractivity contribution < 1.29 is 27.4 Å². The highest BCUT2D eigenvalue weighted by atomic mass is 19.4. The van der Waals surface area contributed by atoms with Crippen molar-refractivity contribution in [2.24, 2.45) is 0 Å². The third kappa shape index (κ3) is 6.02. The zero-order valence-electron chi connectivity index (χ0n) is 21.6. The molecular weight excluding hydrogens is 519 g/mol. The van der Waals surface area contributed by atoms with Crippen LogP contribution in [0.25, 0.3) is 11.0 Å². The second-order valence-electron chi connectivity index (χ2n) is 9.56. The summed E-state index contributed by atoms with van der Waals surface area (Å²) in [4.78, 5) is 15.4. The van der Waals surface area contributed by atoms with Gasteiger partial charge in [-0.15, -0.1) is 0 Å². The number of aromatic hydroxyl groups is 1. The highest BCUT2D eigenvalue weighted by molar-refractivity contribution is 5.83. The number of hydrogen-bond acceptors (Lipinski definition) is 5. The standard InChI is InChI=1S/C32H26F3NO4/c1-21-12-14-24(15-13-21)39-30-28(38)25-16-17-27(37)26(29(25)40-31(30)32(33,34)35)20-36(18-22-8-4-2-5-9-22)19-23-10-6-3-7-11-23/h2-17,37H,18-20H2,1H3. The van der Waals surface area contributed by atoms with E-state index in [0.29, 0.717) is 13.1 Å². The van der Waals surface area contributed by atoms with Crippen LogP contribution in [0.3, 0.4) is 0 Å². The van der Waals surface area contributed by atoms with E-state index >= 15 is 0 Å². The molecule has 1 N–H and O–H groups in total. The lowest BCUT2D eigenvalue weighted by atomic mass is 10.1. The quantitative estimate of drug-likeness (QED) is 0.215. The molecule has 5 nitrogen and oxygen atoms in total. The first-order chi connectivity index (χ1) is 19.2. The fourth-order valence-electron chi connectivity index (χ4n) is 4.52. The van der Waals surface area contributed by atoms with Crippen LogP contribution in [0, 0.1) is 6.92 Å². The summed E-state index contributed by atoms with van der Waals surface area (Å²) >= 11 is 0. The van der Waals surface area contributed by atoms with Crippen LogP contribution in [-0.4, -0.2) is 10.0 Å². The molecule has 5 aromatic rings. The van der Waals surface area contributed by atoms with E-state index in [1.165, 1.54) is 24.3 Å². The maximum atomic E-state index is 14.2. The van der Waals surface area contributed by atoms with Gasteiger partial charge in [0, 0.05) is 19.6 Å². The summed E-state index contributed by atoms with van der Waals surface area (Å²) in [5.41, 5.74) is 1.60. The zero-order valence-corrected chi connectivity index (χ0v) is 21.6. The van der Waals surface area contributed by atoms with Gasteiger partial charge >= 0.3 is 6.18 Å². The molecule has 0 spiro atoms. The van der Waals surface area contributed by atoms with Crippen LogP contribution in [0.4, 0.5) is 13.2 Å². The third-order valence-corrected chi connectivity index (χ3v) is 6.48. The van der Waals surface area contributed by atoms with Crippen molar-refractivity contribution in [2.75, 3.05) is 0 Å². The van der Waals surface area contributed by atoms with Gasteiger partial charge in [0.2, 0.25) is 11.2 Å². The molecule has 204 valence electrons. The Morgan fingerprint density at radius 2 is 1.38 bits per heavy atom. The molecule has 0 saturated heterocycles. The second-order valence-corrected chi connectivity index (χ2v) is 9.56. The largest absolute Gasteiger partial charge is 0.507 e. The number of fused-ring (bicyclic) bond motifs is 1. The summed E-state index contributed by atoms with van der Waals surface area (Å²) in [6.07, 6.45) is -5.02. The molecule has 0 radical (unpaired) electrons. The molecule has 0 unspecified atom stereocenters. The van der Waals surface area contributed by atoms with Crippen molar-refractivity contribution >= 4 is 11.0 Å². The average Bonchev–Trinajstić information content (AvgIpc) is 2.93.